The second-order valence-electron chi connectivity index (χ2n) is 7.04. The van der Waals surface area contributed by atoms with Crippen LogP contribution in [0.15, 0.2) is 30.3 Å². The van der Waals surface area contributed by atoms with E-state index >= 15 is 0 Å². The first-order chi connectivity index (χ1) is 12.0. The number of aliphatic carboxylic acids is 1. The average molecular weight is 347 g/mol. The topological polar surface area (TPSA) is 66.8 Å². The normalized spacial score (nSPS) is 21.4. The summed E-state index contributed by atoms with van der Waals surface area (Å²) in [5.74, 6) is -0.287. The molecule has 1 atom stereocenters. The molecule has 1 aromatic rings. The van der Waals surface area contributed by atoms with Gasteiger partial charge in [0, 0.05) is 6.54 Å². The minimum Gasteiger partial charge on any atom is -0.480 e. The van der Waals surface area contributed by atoms with Crippen LogP contribution in [0, 0.1) is 11.8 Å². The van der Waals surface area contributed by atoms with Crippen LogP contribution in [0.1, 0.15) is 51.5 Å². The van der Waals surface area contributed by atoms with Crippen molar-refractivity contribution in [2.24, 2.45) is 11.8 Å². The summed E-state index contributed by atoms with van der Waals surface area (Å²) in [6.45, 7) is 4.70. The van der Waals surface area contributed by atoms with E-state index in [2.05, 4.69) is 6.92 Å². The number of amides is 1. The number of carbonyl (C=O) groups excluding carboxylic acids is 1. The fraction of sp³-hybridized carbons (Fsp3) is 0.600. The molecule has 1 fully saturated rings. The summed E-state index contributed by atoms with van der Waals surface area (Å²) in [6.07, 6.45) is 3.92. The van der Waals surface area contributed by atoms with E-state index in [0.717, 1.165) is 31.2 Å². The lowest BCUT2D eigenvalue weighted by Crippen LogP contribution is -2.50. The van der Waals surface area contributed by atoms with E-state index in [0.29, 0.717) is 18.9 Å². The SMILES string of the molecule is CCCN(C(=O)OCc1ccccc1)C(C(=O)O)C1CCC(C)CC1. The molecule has 138 valence electrons. The third-order valence-corrected chi connectivity index (χ3v) is 5.00. The summed E-state index contributed by atoms with van der Waals surface area (Å²) in [6, 6.07) is 8.64. The number of carbonyl (C=O) groups is 2. The highest BCUT2D eigenvalue weighted by Gasteiger charge is 2.38. The molecule has 0 spiro atoms. The summed E-state index contributed by atoms with van der Waals surface area (Å²) in [5, 5.41) is 9.77. The van der Waals surface area contributed by atoms with Crippen molar-refractivity contribution in [3.63, 3.8) is 0 Å². The van der Waals surface area contributed by atoms with Crippen molar-refractivity contribution in [3.8, 4) is 0 Å². The van der Waals surface area contributed by atoms with E-state index in [-0.39, 0.29) is 12.5 Å². The van der Waals surface area contributed by atoms with Crippen LogP contribution in [0.3, 0.4) is 0 Å². The summed E-state index contributed by atoms with van der Waals surface area (Å²) in [5.41, 5.74) is 0.894. The van der Waals surface area contributed by atoms with Crippen molar-refractivity contribution in [1.29, 1.82) is 0 Å². The molecule has 2 rings (SSSR count). The Hall–Kier alpha value is -2.04. The molecule has 1 aliphatic carbocycles. The second-order valence-corrected chi connectivity index (χ2v) is 7.04. The van der Waals surface area contributed by atoms with E-state index in [1.807, 2.05) is 37.3 Å². The molecule has 1 amide bonds. The zero-order valence-electron chi connectivity index (χ0n) is 15.2. The summed E-state index contributed by atoms with van der Waals surface area (Å²) >= 11 is 0. The van der Waals surface area contributed by atoms with Crippen LogP contribution in [0.2, 0.25) is 0 Å². The standard InChI is InChI=1S/C20H29NO4/c1-3-13-21(20(24)25-14-16-7-5-4-6-8-16)18(19(22)23)17-11-9-15(2)10-12-17/h4-8,15,17-18H,3,9-14H2,1-2H3,(H,22,23). The first-order valence-corrected chi connectivity index (χ1v) is 9.23. The summed E-state index contributed by atoms with van der Waals surface area (Å²) in [7, 11) is 0. The Bertz CT molecular complexity index is 552. The largest absolute Gasteiger partial charge is 0.480 e. The molecule has 5 heteroatoms. The smallest absolute Gasteiger partial charge is 0.410 e. The summed E-state index contributed by atoms with van der Waals surface area (Å²) < 4.78 is 5.41. The molecule has 5 nitrogen and oxygen atoms in total. The number of benzene rings is 1. The van der Waals surface area contributed by atoms with Gasteiger partial charge in [0.05, 0.1) is 0 Å². The van der Waals surface area contributed by atoms with Gasteiger partial charge in [-0.1, -0.05) is 57.0 Å². The highest BCUT2D eigenvalue weighted by Crippen LogP contribution is 2.33. The molecule has 0 radical (unpaired) electrons. The van der Waals surface area contributed by atoms with Gasteiger partial charge < -0.3 is 9.84 Å². The third-order valence-electron chi connectivity index (χ3n) is 5.00. The quantitative estimate of drug-likeness (QED) is 0.798. The van der Waals surface area contributed by atoms with Gasteiger partial charge in [0.1, 0.15) is 12.6 Å². The van der Waals surface area contributed by atoms with Crippen LogP contribution in [0.4, 0.5) is 4.79 Å². The summed E-state index contributed by atoms with van der Waals surface area (Å²) in [4.78, 5) is 25.9. The van der Waals surface area contributed by atoms with Crippen LogP contribution in [-0.4, -0.2) is 34.7 Å². The third kappa shape index (κ3) is 5.48. The maximum Gasteiger partial charge on any atom is 0.410 e. The number of nitrogens with zero attached hydrogens (tertiary/aromatic N) is 1. The predicted molar refractivity (Wildman–Crippen MR) is 96.2 cm³/mol. The van der Waals surface area contributed by atoms with Crippen molar-refractivity contribution in [3.05, 3.63) is 35.9 Å². The number of rotatable bonds is 7. The van der Waals surface area contributed by atoms with Crippen molar-refractivity contribution in [2.45, 2.75) is 58.6 Å². The van der Waals surface area contributed by atoms with Crippen LogP contribution in [0.25, 0.3) is 0 Å². The Morgan fingerprint density at radius 2 is 1.84 bits per heavy atom. The maximum atomic E-state index is 12.6. The molecule has 0 aliphatic heterocycles. The highest BCUT2D eigenvalue weighted by molar-refractivity contribution is 5.80. The first-order valence-electron chi connectivity index (χ1n) is 9.23. The Kier molecular flexibility index (Phi) is 7.29. The Morgan fingerprint density at radius 3 is 2.40 bits per heavy atom. The molecule has 0 aromatic heterocycles. The van der Waals surface area contributed by atoms with E-state index < -0.39 is 18.1 Å². The molecule has 25 heavy (non-hydrogen) atoms. The van der Waals surface area contributed by atoms with E-state index in [1.54, 1.807) is 0 Å². The van der Waals surface area contributed by atoms with Crippen molar-refractivity contribution in [2.75, 3.05) is 6.54 Å². The minimum absolute atomic E-state index is 0.00419. The zero-order chi connectivity index (χ0) is 18.2. The number of ether oxygens (including phenoxy) is 1. The molecule has 0 heterocycles. The first kappa shape index (κ1) is 19.3. The number of hydrogen-bond donors (Lipinski definition) is 1. The predicted octanol–water partition coefficient (Wildman–Crippen LogP) is 4.31. The van der Waals surface area contributed by atoms with E-state index in [1.165, 1.54) is 4.90 Å². The number of carboxylic acids is 1. The van der Waals surface area contributed by atoms with Gasteiger partial charge in [-0.15, -0.1) is 0 Å². The molecule has 0 bridgehead atoms. The molecule has 1 aromatic carbocycles. The van der Waals surface area contributed by atoms with E-state index in [4.69, 9.17) is 4.74 Å². The zero-order valence-corrected chi connectivity index (χ0v) is 15.2. The Labute approximate surface area is 150 Å². The molecular formula is C20H29NO4. The molecule has 1 unspecified atom stereocenters. The molecule has 1 N–H and O–H groups in total. The fourth-order valence-electron chi connectivity index (χ4n) is 3.58. The van der Waals surface area contributed by atoms with Crippen molar-refractivity contribution >= 4 is 12.1 Å². The van der Waals surface area contributed by atoms with Gasteiger partial charge in [-0.2, -0.15) is 0 Å². The van der Waals surface area contributed by atoms with Crippen molar-refractivity contribution < 1.29 is 19.4 Å². The lowest BCUT2D eigenvalue weighted by Gasteiger charge is -2.36. The number of hydrogen-bond acceptors (Lipinski definition) is 3. The van der Waals surface area contributed by atoms with Gasteiger partial charge in [-0.05, 0) is 36.7 Å². The fourth-order valence-corrected chi connectivity index (χ4v) is 3.58. The van der Waals surface area contributed by atoms with Gasteiger partial charge in [-0.25, -0.2) is 9.59 Å². The van der Waals surface area contributed by atoms with Gasteiger partial charge >= 0.3 is 12.1 Å². The Balaban J connectivity index is 2.06. The van der Waals surface area contributed by atoms with Gasteiger partial charge in [0.15, 0.2) is 0 Å². The van der Waals surface area contributed by atoms with Crippen LogP contribution in [0.5, 0.6) is 0 Å². The minimum atomic E-state index is -0.926. The van der Waals surface area contributed by atoms with E-state index in [9.17, 15) is 14.7 Å². The van der Waals surface area contributed by atoms with Crippen LogP contribution in [-0.2, 0) is 16.1 Å². The average Bonchev–Trinajstić information content (AvgIpc) is 2.61. The van der Waals surface area contributed by atoms with Crippen LogP contribution < -0.4 is 0 Å². The lowest BCUT2D eigenvalue weighted by atomic mass is 9.78. The maximum absolute atomic E-state index is 12.6. The van der Waals surface area contributed by atoms with Gasteiger partial charge in [0.25, 0.3) is 0 Å². The molecule has 1 aliphatic rings. The Morgan fingerprint density at radius 1 is 1.20 bits per heavy atom. The molecular weight excluding hydrogens is 318 g/mol. The second kappa shape index (κ2) is 9.44. The molecule has 0 saturated heterocycles. The highest BCUT2D eigenvalue weighted by atomic mass is 16.6. The number of carboxylic acid groups (broad SMARTS) is 1. The van der Waals surface area contributed by atoms with Gasteiger partial charge in [0.2, 0.25) is 0 Å². The van der Waals surface area contributed by atoms with Crippen LogP contribution >= 0.6 is 0 Å². The molecule has 1 saturated carbocycles. The van der Waals surface area contributed by atoms with Crippen molar-refractivity contribution in [1.82, 2.24) is 4.90 Å². The lowest BCUT2D eigenvalue weighted by molar-refractivity contribution is -0.145. The monoisotopic (exact) mass is 347 g/mol. The van der Waals surface area contributed by atoms with Gasteiger partial charge in [-0.3, -0.25) is 4.90 Å².